The quantitative estimate of drug-likeness (QED) is 0.671. The number of rotatable bonds is 5. The van der Waals surface area contributed by atoms with Gasteiger partial charge < -0.3 is 14.5 Å². The molecule has 2 fully saturated rings. The summed E-state index contributed by atoms with van der Waals surface area (Å²) in [4.78, 5) is 30.8. The van der Waals surface area contributed by atoms with Crippen LogP contribution in [0.3, 0.4) is 0 Å². The van der Waals surface area contributed by atoms with E-state index in [0.717, 1.165) is 12.8 Å². The van der Waals surface area contributed by atoms with E-state index in [9.17, 15) is 18.0 Å². The Balaban J connectivity index is 1.97. The molecule has 0 aromatic carbocycles. The van der Waals surface area contributed by atoms with Gasteiger partial charge in [-0.2, -0.15) is 0 Å². The number of hydrogen-bond donors (Lipinski definition) is 0. The second kappa shape index (κ2) is 8.98. The van der Waals surface area contributed by atoms with Crippen molar-refractivity contribution in [3.05, 3.63) is 0 Å². The minimum Gasteiger partial charge on any atom is -0.444 e. The van der Waals surface area contributed by atoms with Crippen LogP contribution >= 0.6 is 0 Å². The number of likely N-dealkylation sites (N-methyl/N-ethyl adjacent to an activating group) is 1. The molecule has 2 saturated heterocycles. The van der Waals surface area contributed by atoms with Gasteiger partial charge in [-0.05, 0) is 33.6 Å². The zero-order valence-corrected chi connectivity index (χ0v) is 18.6. The summed E-state index contributed by atoms with van der Waals surface area (Å²) in [5, 5.41) is 0. The van der Waals surface area contributed by atoms with Gasteiger partial charge in [-0.25, -0.2) is 13.2 Å². The average Bonchev–Trinajstić information content (AvgIpc) is 2.97. The first-order valence-corrected chi connectivity index (χ1v) is 11.9. The van der Waals surface area contributed by atoms with Crippen LogP contribution < -0.4 is 0 Å². The molecule has 0 radical (unpaired) electrons. The normalized spacial score (nSPS) is 24.0. The van der Waals surface area contributed by atoms with E-state index in [0.29, 0.717) is 32.6 Å². The first-order chi connectivity index (χ1) is 12.9. The molecule has 2 aliphatic heterocycles. The lowest BCUT2D eigenvalue weighted by atomic mass is 10.1. The van der Waals surface area contributed by atoms with Crippen LogP contribution in [0.1, 0.15) is 47.0 Å². The predicted octanol–water partition coefficient (Wildman–Crippen LogP) is 1.35. The molecule has 8 nitrogen and oxygen atoms in total. The molecule has 28 heavy (non-hydrogen) atoms. The van der Waals surface area contributed by atoms with Gasteiger partial charge >= 0.3 is 6.09 Å². The largest absolute Gasteiger partial charge is 0.444 e. The number of ether oxygens (including phenoxy) is 1. The van der Waals surface area contributed by atoms with Crippen LogP contribution in [-0.4, -0.2) is 97.5 Å². The lowest BCUT2D eigenvalue weighted by Crippen LogP contribution is -2.57. The van der Waals surface area contributed by atoms with Crippen molar-refractivity contribution in [1.82, 2.24) is 14.7 Å². The van der Waals surface area contributed by atoms with E-state index in [4.69, 9.17) is 4.74 Å². The molecular formula is C19H35N3O5S. The van der Waals surface area contributed by atoms with Gasteiger partial charge in [-0.3, -0.25) is 9.69 Å². The van der Waals surface area contributed by atoms with Crippen LogP contribution in [0, 0.1) is 0 Å². The van der Waals surface area contributed by atoms with Gasteiger partial charge in [0.05, 0.1) is 17.5 Å². The third kappa shape index (κ3) is 6.07. The summed E-state index contributed by atoms with van der Waals surface area (Å²) < 4.78 is 29.0. The van der Waals surface area contributed by atoms with Crippen molar-refractivity contribution in [3.63, 3.8) is 0 Å². The van der Waals surface area contributed by atoms with Crippen molar-refractivity contribution < 1.29 is 22.7 Å². The van der Waals surface area contributed by atoms with Crippen molar-refractivity contribution in [2.75, 3.05) is 44.7 Å². The Kier molecular flexibility index (Phi) is 7.36. The zero-order valence-electron chi connectivity index (χ0n) is 17.8. The van der Waals surface area contributed by atoms with Crippen molar-refractivity contribution in [3.8, 4) is 0 Å². The summed E-state index contributed by atoms with van der Waals surface area (Å²) in [6.07, 6.45) is 1.77. The third-order valence-electron chi connectivity index (χ3n) is 5.36. The maximum absolute atomic E-state index is 13.1. The van der Waals surface area contributed by atoms with Gasteiger partial charge in [0, 0.05) is 39.3 Å². The summed E-state index contributed by atoms with van der Waals surface area (Å²) in [5.41, 5.74) is -0.529. The summed E-state index contributed by atoms with van der Waals surface area (Å²) >= 11 is 0. The fraction of sp³-hybridized carbons (Fsp3) is 0.895. The molecule has 2 heterocycles. The van der Waals surface area contributed by atoms with Gasteiger partial charge in [0.1, 0.15) is 5.60 Å². The highest BCUT2D eigenvalue weighted by atomic mass is 32.2. The summed E-state index contributed by atoms with van der Waals surface area (Å²) in [6, 6.07) is -0.515. The van der Waals surface area contributed by atoms with Crippen LogP contribution in [0.5, 0.6) is 0 Å². The number of carbonyl (C=O) groups is 2. The van der Waals surface area contributed by atoms with Gasteiger partial charge in [0.25, 0.3) is 0 Å². The van der Waals surface area contributed by atoms with Gasteiger partial charge in [-0.1, -0.05) is 13.3 Å². The molecule has 0 aromatic rings. The fourth-order valence-corrected chi connectivity index (χ4v) is 5.55. The molecule has 0 aliphatic carbocycles. The highest BCUT2D eigenvalue weighted by Gasteiger charge is 2.37. The van der Waals surface area contributed by atoms with Crippen LogP contribution in [0.15, 0.2) is 0 Å². The number of piperazine rings is 1. The molecule has 0 spiro atoms. The van der Waals surface area contributed by atoms with Crippen LogP contribution in [0.25, 0.3) is 0 Å². The van der Waals surface area contributed by atoms with Crippen molar-refractivity contribution >= 4 is 21.8 Å². The number of nitrogens with zero attached hydrogens (tertiary/aromatic N) is 3. The van der Waals surface area contributed by atoms with Crippen molar-refractivity contribution in [2.45, 2.75) is 64.6 Å². The molecule has 2 rings (SSSR count). The molecule has 2 aliphatic rings. The Morgan fingerprint density at radius 3 is 2.25 bits per heavy atom. The summed E-state index contributed by atoms with van der Waals surface area (Å²) in [6.45, 7) is 9.81. The van der Waals surface area contributed by atoms with E-state index < -0.39 is 15.4 Å². The van der Waals surface area contributed by atoms with Crippen molar-refractivity contribution in [1.29, 1.82) is 0 Å². The Bertz CT molecular complexity index is 666. The zero-order chi connectivity index (χ0) is 21.1. The Morgan fingerprint density at radius 2 is 1.79 bits per heavy atom. The minimum atomic E-state index is -3.03. The molecule has 0 aromatic heterocycles. The topological polar surface area (TPSA) is 87.2 Å². The van der Waals surface area contributed by atoms with Crippen molar-refractivity contribution in [2.24, 2.45) is 0 Å². The first kappa shape index (κ1) is 22.9. The molecule has 0 N–H and O–H groups in total. The number of carbonyl (C=O) groups excluding carboxylic acids is 2. The summed E-state index contributed by atoms with van der Waals surface area (Å²) in [5.74, 6) is 0.192. The molecular weight excluding hydrogens is 382 g/mol. The second-order valence-electron chi connectivity index (χ2n) is 8.81. The smallest absolute Gasteiger partial charge is 0.410 e. The van der Waals surface area contributed by atoms with Gasteiger partial charge in [-0.15, -0.1) is 0 Å². The molecule has 9 heteroatoms. The van der Waals surface area contributed by atoms with E-state index in [2.05, 4.69) is 4.90 Å². The van der Waals surface area contributed by atoms with Crippen LogP contribution in [-0.2, 0) is 19.4 Å². The Morgan fingerprint density at radius 1 is 1.18 bits per heavy atom. The highest BCUT2D eigenvalue weighted by Crippen LogP contribution is 2.21. The lowest BCUT2D eigenvalue weighted by Gasteiger charge is -2.40. The number of amides is 2. The molecule has 2 atom stereocenters. The van der Waals surface area contributed by atoms with Crippen LogP contribution in [0.4, 0.5) is 4.79 Å². The van der Waals surface area contributed by atoms with E-state index in [1.807, 2.05) is 27.7 Å². The average molecular weight is 418 g/mol. The Hall–Kier alpha value is -1.35. The van der Waals surface area contributed by atoms with E-state index in [-0.39, 0.29) is 35.6 Å². The maximum atomic E-state index is 13.1. The monoisotopic (exact) mass is 417 g/mol. The SMILES string of the molecule is CCC[C@@H](C(=O)N(C)[C@H]1CCS(=O)(=O)C1)N1CCN(C(=O)OC(C)(C)C)CC1. The molecule has 162 valence electrons. The van der Waals surface area contributed by atoms with Gasteiger partial charge in [0.2, 0.25) is 5.91 Å². The lowest BCUT2D eigenvalue weighted by molar-refractivity contribution is -0.138. The van der Waals surface area contributed by atoms with E-state index in [1.165, 1.54) is 0 Å². The highest BCUT2D eigenvalue weighted by molar-refractivity contribution is 7.91. The molecule has 0 bridgehead atoms. The van der Waals surface area contributed by atoms with E-state index in [1.54, 1.807) is 16.8 Å². The minimum absolute atomic E-state index is 0.0188. The predicted molar refractivity (Wildman–Crippen MR) is 108 cm³/mol. The third-order valence-corrected chi connectivity index (χ3v) is 7.11. The number of sulfone groups is 1. The number of hydrogen-bond acceptors (Lipinski definition) is 6. The van der Waals surface area contributed by atoms with Crippen LogP contribution in [0.2, 0.25) is 0 Å². The first-order valence-electron chi connectivity index (χ1n) is 10.1. The standard InChI is InChI=1S/C19H35N3O5S/c1-6-7-16(17(23)20(5)15-8-13-28(25,26)14-15)21-9-11-22(12-10-21)18(24)27-19(2,3)4/h15-16H,6-14H2,1-5H3/t15-,16-/m0/s1. The Labute approximate surface area is 169 Å². The van der Waals surface area contributed by atoms with E-state index >= 15 is 0 Å². The molecule has 0 saturated carbocycles. The molecule has 2 amide bonds. The fourth-order valence-electron chi connectivity index (χ4n) is 3.77. The summed E-state index contributed by atoms with van der Waals surface area (Å²) in [7, 11) is -1.32. The maximum Gasteiger partial charge on any atom is 0.410 e. The second-order valence-corrected chi connectivity index (χ2v) is 11.0. The molecule has 0 unspecified atom stereocenters. The van der Waals surface area contributed by atoms with Gasteiger partial charge in [0.15, 0.2) is 9.84 Å².